The van der Waals surface area contributed by atoms with Crippen LogP contribution in [0.5, 0.6) is 0 Å². The molecule has 0 bridgehead atoms. The van der Waals surface area contributed by atoms with E-state index in [1.165, 1.54) is 0 Å². The van der Waals surface area contributed by atoms with Crippen molar-refractivity contribution in [3.05, 3.63) is 17.5 Å². The van der Waals surface area contributed by atoms with E-state index in [4.69, 9.17) is 0 Å². The fraction of sp³-hybridized carbons (Fsp3) is 0.600. The van der Waals surface area contributed by atoms with Gasteiger partial charge in [-0.2, -0.15) is 5.10 Å². The molecule has 1 atom stereocenters. The van der Waals surface area contributed by atoms with Gasteiger partial charge >= 0.3 is 0 Å². The Balaban J connectivity index is 3.01. The highest BCUT2D eigenvalue weighted by atomic mass is 16.1. The third-order valence-electron chi connectivity index (χ3n) is 2.42. The van der Waals surface area contributed by atoms with Crippen LogP contribution in [0.25, 0.3) is 0 Å². The van der Waals surface area contributed by atoms with Gasteiger partial charge in [0.2, 0.25) is 0 Å². The number of rotatable bonds is 3. The minimum atomic E-state index is 0.0918. The lowest BCUT2D eigenvalue weighted by molar-refractivity contribution is 0.0917. The zero-order valence-corrected chi connectivity index (χ0v) is 8.66. The maximum Gasteiger partial charge on any atom is 0.183 e. The summed E-state index contributed by atoms with van der Waals surface area (Å²) in [5.74, 6) is 0.286. The SMILES string of the molecule is CCC(C)C(=O)c1c(C)cnn1C. The Bertz CT molecular complexity index is 295. The van der Waals surface area contributed by atoms with Crippen molar-refractivity contribution in [1.29, 1.82) is 0 Å². The molecule has 0 fully saturated rings. The van der Waals surface area contributed by atoms with E-state index in [-0.39, 0.29) is 11.7 Å². The van der Waals surface area contributed by atoms with Crippen molar-refractivity contribution in [2.75, 3.05) is 0 Å². The van der Waals surface area contributed by atoms with E-state index in [0.717, 1.165) is 17.7 Å². The second-order valence-corrected chi connectivity index (χ2v) is 3.47. The predicted molar refractivity (Wildman–Crippen MR) is 51.7 cm³/mol. The number of aryl methyl sites for hydroxylation is 2. The van der Waals surface area contributed by atoms with Crippen molar-refractivity contribution in [3.8, 4) is 0 Å². The molecule has 3 heteroatoms. The Morgan fingerprint density at radius 1 is 1.69 bits per heavy atom. The molecule has 0 N–H and O–H groups in total. The van der Waals surface area contributed by atoms with Crippen LogP contribution in [-0.2, 0) is 7.05 Å². The molecule has 0 radical (unpaired) electrons. The van der Waals surface area contributed by atoms with Crippen molar-refractivity contribution in [3.63, 3.8) is 0 Å². The Morgan fingerprint density at radius 3 is 2.69 bits per heavy atom. The summed E-state index contributed by atoms with van der Waals surface area (Å²) >= 11 is 0. The minimum Gasteiger partial charge on any atom is -0.292 e. The number of hydrogen-bond acceptors (Lipinski definition) is 2. The van der Waals surface area contributed by atoms with Gasteiger partial charge in [-0.15, -0.1) is 0 Å². The van der Waals surface area contributed by atoms with Crippen LogP contribution in [0, 0.1) is 12.8 Å². The molecule has 0 aliphatic rings. The van der Waals surface area contributed by atoms with E-state index in [2.05, 4.69) is 5.10 Å². The van der Waals surface area contributed by atoms with Gasteiger partial charge in [-0.25, -0.2) is 0 Å². The standard InChI is InChI=1S/C10H16N2O/c1-5-7(2)10(13)9-8(3)6-11-12(9)4/h6-7H,5H2,1-4H3. The van der Waals surface area contributed by atoms with Gasteiger partial charge in [0.05, 0.1) is 6.20 Å². The van der Waals surface area contributed by atoms with Crippen molar-refractivity contribution < 1.29 is 4.79 Å². The first kappa shape index (κ1) is 9.96. The fourth-order valence-electron chi connectivity index (χ4n) is 1.32. The molecule has 72 valence electrons. The summed E-state index contributed by atoms with van der Waals surface area (Å²) in [6.45, 7) is 5.89. The molecule has 1 rings (SSSR count). The summed E-state index contributed by atoms with van der Waals surface area (Å²) in [6.07, 6.45) is 2.61. The van der Waals surface area contributed by atoms with Gasteiger partial charge in [-0.05, 0) is 18.9 Å². The number of Topliss-reactive ketones (excluding diaryl/α,β-unsaturated/α-hetero) is 1. The molecule has 0 aliphatic heterocycles. The van der Waals surface area contributed by atoms with Gasteiger partial charge in [0, 0.05) is 13.0 Å². The van der Waals surface area contributed by atoms with Crippen molar-refractivity contribution in [2.24, 2.45) is 13.0 Å². The Labute approximate surface area is 78.8 Å². The lowest BCUT2D eigenvalue weighted by Crippen LogP contribution is -2.15. The molecule has 0 aliphatic carbocycles. The van der Waals surface area contributed by atoms with E-state index in [9.17, 15) is 4.79 Å². The van der Waals surface area contributed by atoms with Crippen LogP contribution in [0.4, 0.5) is 0 Å². The second-order valence-electron chi connectivity index (χ2n) is 3.47. The average Bonchev–Trinajstić information content (AvgIpc) is 2.44. The summed E-state index contributed by atoms with van der Waals surface area (Å²) < 4.78 is 1.66. The summed E-state index contributed by atoms with van der Waals surface area (Å²) in [7, 11) is 1.81. The van der Waals surface area contributed by atoms with Crippen LogP contribution in [0.2, 0.25) is 0 Å². The quantitative estimate of drug-likeness (QED) is 0.666. The van der Waals surface area contributed by atoms with E-state index in [0.29, 0.717) is 0 Å². The van der Waals surface area contributed by atoms with E-state index in [1.54, 1.807) is 10.9 Å². The Morgan fingerprint density at radius 2 is 2.31 bits per heavy atom. The van der Waals surface area contributed by atoms with Crippen LogP contribution >= 0.6 is 0 Å². The molecule has 1 aromatic heterocycles. The molecule has 1 aromatic rings. The van der Waals surface area contributed by atoms with Crippen molar-refractivity contribution in [1.82, 2.24) is 9.78 Å². The number of carbonyl (C=O) groups is 1. The van der Waals surface area contributed by atoms with E-state index < -0.39 is 0 Å². The maximum atomic E-state index is 11.8. The zero-order chi connectivity index (χ0) is 10.0. The topological polar surface area (TPSA) is 34.9 Å². The lowest BCUT2D eigenvalue weighted by atomic mass is 9.99. The first-order valence-electron chi connectivity index (χ1n) is 4.60. The number of nitrogens with zero attached hydrogens (tertiary/aromatic N) is 2. The van der Waals surface area contributed by atoms with Crippen LogP contribution in [0.3, 0.4) is 0 Å². The largest absolute Gasteiger partial charge is 0.292 e. The predicted octanol–water partition coefficient (Wildman–Crippen LogP) is 1.96. The highest BCUT2D eigenvalue weighted by Crippen LogP contribution is 2.14. The Hall–Kier alpha value is -1.12. The summed E-state index contributed by atoms with van der Waals surface area (Å²) in [5, 5.41) is 4.05. The van der Waals surface area contributed by atoms with Crippen LogP contribution in [0.1, 0.15) is 36.3 Å². The molecule has 0 saturated heterocycles. The molecule has 1 unspecified atom stereocenters. The highest BCUT2D eigenvalue weighted by Gasteiger charge is 2.18. The normalized spacial score (nSPS) is 12.9. The first-order chi connectivity index (χ1) is 6.07. The van der Waals surface area contributed by atoms with Gasteiger partial charge in [0.1, 0.15) is 5.69 Å². The number of hydrogen-bond donors (Lipinski definition) is 0. The molecule has 3 nitrogen and oxygen atoms in total. The zero-order valence-electron chi connectivity index (χ0n) is 8.66. The van der Waals surface area contributed by atoms with Crippen LogP contribution < -0.4 is 0 Å². The van der Waals surface area contributed by atoms with Gasteiger partial charge < -0.3 is 0 Å². The van der Waals surface area contributed by atoms with Gasteiger partial charge in [0.25, 0.3) is 0 Å². The number of aromatic nitrogens is 2. The minimum absolute atomic E-state index is 0.0918. The first-order valence-corrected chi connectivity index (χ1v) is 4.60. The summed E-state index contributed by atoms with van der Waals surface area (Å²) in [4.78, 5) is 11.8. The molecule has 1 heterocycles. The lowest BCUT2D eigenvalue weighted by Gasteiger charge is -2.08. The van der Waals surface area contributed by atoms with Gasteiger partial charge in [-0.3, -0.25) is 9.48 Å². The van der Waals surface area contributed by atoms with Gasteiger partial charge in [0.15, 0.2) is 5.78 Å². The number of carbonyl (C=O) groups excluding carboxylic acids is 1. The molecule has 0 aromatic carbocycles. The molecule has 0 amide bonds. The third kappa shape index (κ3) is 1.79. The van der Waals surface area contributed by atoms with E-state index >= 15 is 0 Å². The average molecular weight is 180 g/mol. The molecular weight excluding hydrogens is 164 g/mol. The highest BCUT2D eigenvalue weighted by molar-refractivity contribution is 5.97. The molecule has 0 spiro atoms. The summed E-state index contributed by atoms with van der Waals surface area (Å²) in [6, 6.07) is 0. The second kappa shape index (κ2) is 3.73. The van der Waals surface area contributed by atoms with Crippen LogP contribution in [-0.4, -0.2) is 15.6 Å². The van der Waals surface area contributed by atoms with Crippen molar-refractivity contribution in [2.45, 2.75) is 27.2 Å². The Kier molecular flexibility index (Phi) is 2.86. The number of ketones is 1. The third-order valence-corrected chi connectivity index (χ3v) is 2.42. The van der Waals surface area contributed by atoms with E-state index in [1.807, 2.05) is 27.8 Å². The monoisotopic (exact) mass is 180 g/mol. The van der Waals surface area contributed by atoms with Crippen molar-refractivity contribution >= 4 is 5.78 Å². The molecule has 13 heavy (non-hydrogen) atoms. The maximum absolute atomic E-state index is 11.8. The van der Waals surface area contributed by atoms with Gasteiger partial charge in [-0.1, -0.05) is 13.8 Å². The summed E-state index contributed by atoms with van der Waals surface area (Å²) in [5.41, 5.74) is 1.71. The van der Waals surface area contributed by atoms with Crippen LogP contribution in [0.15, 0.2) is 6.20 Å². The fourth-order valence-corrected chi connectivity index (χ4v) is 1.32. The molecule has 0 saturated carbocycles. The smallest absolute Gasteiger partial charge is 0.183 e. The molecular formula is C10H16N2O.